The summed E-state index contributed by atoms with van der Waals surface area (Å²) in [5, 5.41) is 7.01. The predicted molar refractivity (Wildman–Crippen MR) is 143 cm³/mol. The van der Waals surface area contributed by atoms with Crippen molar-refractivity contribution in [3.63, 3.8) is 0 Å². The molecule has 1 aromatic heterocycles. The quantitative estimate of drug-likeness (QED) is 0.256. The number of carbonyl (C=O) groups is 1. The van der Waals surface area contributed by atoms with E-state index in [9.17, 15) is 4.79 Å². The van der Waals surface area contributed by atoms with Gasteiger partial charge in [0, 0.05) is 40.6 Å². The van der Waals surface area contributed by atoms with Crippen molar-refractivity contribution >= 4 is 45.0 Å². The Balaban J connectivity index is 1.40. The lowest BCUT2D eigenvalue weighted by Gasteiger charge is -2.24. The number of nitrogens with zero attached hydrogens (tertiary/aromatic N) is 1. The van der Waals surface area contributed by atoms with Crippen LogP contribution in [0.3, 0.4) is 0 Å². The SMILES string of the molecule is COc1ccc2[nH]cc(CCN(Cc3ccc(Cl)cc3)C(=O)Nc3cccc4ccccc34)c2c1. The van der Waals surface area contributed by atoms with Gasteiger partial charge in [-0.05, 0) is 59.3 Å². The van der Waals surface area contributed by atoms with Gasteiger partial charge in [0.15, 0.2) is 0 Å². The third kappa shape index (κ3) is 5.10. The van der Waals surface area contributed by atoms with Crippen LogP contribution in [0.4, 0.5) is 10.5 Å². The number of nitrogens with one attached hydrogen (secondary N) is 2. The normalized spacial score (nSPS) is 11.0. The Morgan fingerprint density at radius 1 is 0.971 bits per heavy atom. The van der Waals surface area contributed by atoms with Crippen molar-refractivity contribution in [3.8, 4) is 5.75 Å². The summed E-state index contributed by atoms with van der Waals surface area (Å²) in [6, 6.07) is 27.4. The number of urea groups is 1. The first kappa shape index (κ1) is 22.8. The number of aromatic amines is 1. The zero-order chi connectivity index (χ0) is 24.2. The number of methoxy groups -OCH3 is 1. The van der Waals surface area contributed by atoms with Crippen LogP contribution < -0.4 is 10.1 Å². The number of benzene rings is 4. The Kier molecular flexibility index (Phi) is 6.59. The Labute approximate surface area is 209 Å². The van der Waals surface area contributed by atoms with E-state index in [1.165, 1.54) is 0 Å². The van der Waals surface area contributed by atoms with E-state index < -0.39 is 0 Å². The third-order valence-corrected chi connectivity index (χ3v) is 6.48. The maximum Gasteiger partial charge on any atom is 0.322 e. The number of aromatic nitrogens is 1. The van der Waals surface area contributed by atoms with E-state index in [1.807, 2.05) is 96.0 Å². The van der Waals surface area contributed by atoms with Crippen molar-refractivity contribution in [2.45, 2.75) is 13.0 Å². The number of ether oxygens (including phenoxy) is 1. The van der Waals surface area contributed by atoms with Gasteiger partial charge in [0.25, 0.3) is 0 Å². The number of anilines is 1. The van der Waals surface area contributed by atoms with Crippen molar-refractivity contribution in [1.82, 2.24) is 9.88 Å². The van der Waals surface area contributed by atoms with Gasteiger partial charge in [0.2, 0.25) is 0 Å². The van der Waals surface area contributed by atoms with E-state index in [2.05, 4.69) is 10.3 Å². The molecule has 6 heteroatoms. The summed E-state index contributed by atoms with van der Waals surface area (Å²) < 4.78 is 5.40. The van der Waals surface area contributed by atoms with Crippen molar-refractivity contribution in [1.29, 1.82) is 0 Å². The standard InChI is InChI=1S/C29H26ClN3O2/c1-35-24-13-14-27-26(17-24)22(18-31-27)15-16-33(19-20-9-11-23(30)12-10-20)29(34)32-28-8-4-6-21-5-2-3-7-25(21)28/h2-14,17-18,31H,15-16,19H2,1H3,(H,32,34). The smallest absolute Gasteiger partial charge is 0.322 e. The fraction of sp³-hybridized carbons (Fsp3) is 0.138. The molecule has 0 aliphatic heterocycles. The minimum Gasteiger partial charge on any atom is -0.497 e. The highest BCUT2D eigenvalue weighted by Gasteiger charge is 2.17. The van der Waals surface area contributed by atoms with E-state index in [1.54, 1.807) is 7.11 Å². The third-order valence-electron chi connectivity index (χ3n) is 6.23. The van der Waals surface area contributed by atoms with Crippen LogP contribution in [-0.4, -0.2) is 29.6 Å². The van der Waals surface area contributed by atoms with Gasteiger partial charge in [-0.2, -0.15) is 0 Å². The molecule has 5 nitrogen and oxygen atoms in total. The molecule has 1 heterocycles. The molecular weight excluding hydrogens is 458 g/mol. The zero-order valence-electron chi connectivity index (χ0n) is 19.4. The van der Waals surface area contributed by atoms with Crippen LogP contribution in [0.15, 0.2) is 91.1 Å². The van der Waals surface area contributed by atoms with Gasteiger partial charge in [-0.1, -0.05) is 60.1 Å². The van der Waals surface area contributed by atoms with Crippen LogP contribution in [0.1, 0.15) is 11.1 Å². The highest BCUT2D eigenvalue weighted by Crippen LogP contribution is 2.26. The average Bonchev–Trinajstić information content (AvgIpc) is 3.30. The summed E-state index contributed by atoms with van der Waals surface area (Å²) in [4.78, 5) is 18.7. The minimum absolute atomic E-state index is 0.145. The van der Waals surface area contributed by atoms with Gasteiger partial charge in [-0.25, -0.2) is 4.79 Å². The number of carbonyl (C=O) groups excluding carboxylic acids is 1. The van der Waals surface area contributed by atoms with Crippen molar-refractivity contribution in [2.75, 3.05) is 19.0 Å². The second-order valence-electron chi connectivity index (χ2n) is 8.48. The molecular formula is C29H26ClN3O2. The topological polar surface area (TPSA) is 57.4 Å². The first-order valence-electron chi connectivity index (χ1n) is 11.5. The molecule has 0 saturated carbocycles. The van der Waals surface area contributed by atoms with E-state index >= 15 is 0 Å². The van der Waals surface area contributed by atoms with Crippen LogP contribution in [0, 0.1) is 0 Å². The number of halogens is 1. The number of hydrogen-bond acceptors (Lipinski definition) is 2. The van der Waals surface area contributed by atoms with Crippen LogP contribution >= 0.6 is 11.6 Å². The first-order chi connectivity index (χ1) is 17.1. The Morgan fingerprint density at radius 2 is 1.77 bits per heavy atom. The van der Waals surface area contributed by atoms with Gasteiger partial charge >= 0.3 is 6.03 Å². The second-order valence-corrected chi connectivity index (χ2v) is 8.92. The predicted octanol–water partition coefficient (Wildman–Crippen LogP) is 7.26. The summed E-state index contributed by atoms with van der Waals surface area (Å²) in [5.41, 5.74) is 4.00. The number of rotatable bonds is 7. The van der Waals surface area contributed by atoms with Gasteiger partial charge in [-0.15, -0.1) is 0 Å². The summed E-state index contributed by atoms with van der Waals surface area (Å²) in [6.07, 6.45) is 2.71. The molecule has 0 radical (unpaired) electrons. The van der Waals surface area contributed by atoms with Crippen molar-refractivity contribution < 1.29 is 9.53 Å². The second kappa shape index (κ2) is 10.1. The molecule has 5 aromatic rings. The van der Waals surface area contributed by atoms with Crippen molar-refractivity contribution in [2.24, 2.45) is 0 Å². The van der Waals surface area contributed by atoms with Crippen LogP contribution in [0.5, 0.6) is 5.75 Å². The Hall–Kier alpha value is -3.96. The highest BCUT2D eigenvalue weighted by molar-refractivity contribution is 6.30. The van der Waals surface area contributed by atoms with Crippen molar-refractivity contribution in [3.05, 3.63) is 107 Å². The summed E-state index contributed by atoms with van der Waals surface area (Å²) in [7, 11) is 1.67. The molecule has 0 spiro atoms. The maximum atomic E-state index is 13.5. The van der Waals surface area contributed by atoms with Crippen LogP contribution in [0.2, 0.25) is 5.02 Å². The van der Waals surface area contributed by atoms with Crippen LogP contribution in [0.25, 0.3) is 21.7 Å². The Morgan fingerprint density at radius 3 is 2.60 bits per heavy atom. The van der Waals surface area contributed by atoms with E-state index in [-0.39, 0.29) is 6.03 Å². The molecule has 0 aliphatic rings. The lowest BCUT2D eigenvalue weighted by atomic mass is 10.1. The monoisotopic (exact) mass is 483 g/mol. The molecule has 2 N–H and O–H groups in total. The van der Waals surface area contributed by atoms with E-state index in [0.717, 1.165) is 44.2 Å². The van der Waals surface area contributed by atoms with Gasteiger partial charge in [0.05, 0.1) is 12.8 Å². The van der Waals surface area contributed by atoms with Crippen LogP contribution in [-0.2, 0) is 13.0 Å². The number of fused-ring (bicyclic) bond motifs is 2. The van der Waals surface area contributed by atoms with Gasteiger partial charge < -0.3 is 19.9 Å². The largest absolute Gasteiger partial charge is 0.497 e. The molecule has 0 fully saturated rings. The molecule has 0 atom stereocenters. The molecule has 4 aromatic carbocycles. The number of hydrogen-bond donors (Lipinski definition) is 2. The molecule has 176 valence electrons. The molecule has 0 aliphatic carbocycles. The number of H-pyrrole nitrogens is 1. The van der Waals surface area contributed by atoms with Gasteiger partial charge in [-0.3, -0.25) is 0 Å². The average molecular weight is 484 g/mol. The first-order valence-corrected chi connectivity index (χ1v) is 11.9. The lowest BCUT2D eigenvalue weighted by Crippen LogP contribution is -2.36. The van der Waals surface area contributed by atoms with E-state index in [4.69, 9.17) is 16.3 Å². The highest BCUT2D eigenvalue weighted by atomic mass is 35.5. The summed E-state index contributed by atoms with van der Waals surface area (Å²) in [5.74, 6) is 0.810. The number of amides is 2. The van der Waals surface area contributed by atoms with E-state index in [0.29, 0.717) is 24.5 Å². The van der Waals surface area contributed by atoms with Gasteiger partial charge in [0.1, 0.15) is 5.75 Å². The molecule has 35 heavy (non-hydrogen) atoms. The summed E-state index contributed by atoms with van der Waals surface area (Å²) >= 11 is 6.08. The maximum absolute atomic E-state index is 13.5. The Bertz CT molecular complexity index is 1470. The zero-order valence-corrected chi connectivity index (χ0v) is 20.2. The minimum atomic E-state index is -0.145. The lowest BCUT2D eigenvalue weighted by molar-refractivity contribution is 0.210. The molecule has 0 unspecified atom stereocenters. The molecule has 0 bridgehead atoms. The molecule has 2 amide bonds. The fourth-order valence-corrected chi connectivity index (χ4v) is 4.46. The molecule has 5 rings (SSSR count). The fourth-order valence-electron chi connectivity index (χ4n) is 4.34. The molecule has 0 saturated heterocycles. The summed E-state index contributed by atoms with van der Waals surface area (Å²) in [6.45, 7) is 1.02.